The van der Waals surface area contributed by atoms with Crippen molar-refractivity contribution in [3.8, 4) is 0 Å². The maximum Gasteiger partial charge on any atom is 0.333 e. The van der Waals surface area contributed by atoms with Crippen LogP contribution >= 0.6 is 0 Å². The Hall–Kier alpha value is -4.74. The van der Waals surface area contributed by atoms with Crippen molar-refractivity contribution < 1.29 is 57.2 Å². The fourth-order valence-corrected chi connectivity index (χ4v) is 5.26. The van der Waals surface area contributed by atoms with Crippen LogP contribution in [0.3, 0.4) is 0 Å². The molecule has 0 unspecified atom stereocenters. The molecule has 0 radical (unpaired) electrons. The summed E-state index contributed by atoms with van der Waals surface area (Å²) in [4.78, 5) is 65.1. The van der Waals surface area contributed by atoms with Gasteiger partial charge in [0.1, 0.15) is 17.8 Å². The van der Waals surface area contributed by atoms with E-state index in [2.05, 4.69) is 58.1 Å². The van der Waals surface area contributed by atoms with E-state index in [9.17, 15) is 28.8 Å². The highest BCUT2D eigenvalue weighted by atomic mass is 16.6. The number of rotatable bonds is 24. The van der Waals surface area contributed by atoms with E-state index in [4.69, 9.17) is 23.7 Å². The third kappa shape index (κ3) is 47.7. The molecular weight excluding hydrogens is 865 g/mol. The van der Waals surface area contributed by atoms with Gasteiger partial charge in [-0.15, -0.1) is 0 Å². The summed E-state index contributed by atoms with van der Waals surface area (Å²) in [5.41, 5.74) is 2.04. The van der Waals surface area contributed by atoms with Gasteiger partial charge in [0.2, 0.25) is 0 Å². The molecule has 0 N–H and O–H groups in total. The van der Waals surface area contributed by atoms with Crippen LogP contribution in [0.4, 0.5) is 0 Å². The number of ether oxygens (including phenoxy) is 6. The number of hydrogen-bond acceptors (Lipinski definition) is 12. The summed E-state index contributed by atoms with van der Waals surface area (Å²) >= 11 is 0. The second kappa shape index (κ2) is 46.0. The maximum absolute atomic E-state index is 11.1. The van der Waals surface area contributed by atoms with Gasteiger partial charge in [-0.2, -0.15) is 0 Å². The van der Waals surface area contributed by atoms with E-state index in [0.29, 0.717) is 47.7 Å². The number of carbonyl (C=O) groups excluding carboxylic acids is 6. The van der Waals surface area contributed by atoms with Gasteiger partial charge < -0.3 is 28.4 Å². The first-order valence-electron chi connectivity index (χ1n) is 25.0. The molecule has 392 valence electrons. The molecule has 2 fully saturated rings. The van der Waals surface area contributed by atoms with Crippen molar-refractivity contribution in [2.24, 2.45) is 0 Å². The summed E-state index contributed by atoms with van der Waals surface area (Å²) in [5.74, 6) is -1.66. The first-order chi connectivity index (χ1) is 32.0. The van der Waals surface area contributed by atoms with Gasteiger partial charge in [0, 0.05) is 33.9 Å². The normalized spacial score (nSPS) is 12.7. The second-order valence-electron chi connectivity index (χ2n) is 17.9. The van der Waals surface area contributed by atoms with E-state index in [-0.39, 0.29) is 53.6 Å². The van der Waals surface area contributed by atoms with Gasteiger partial charge in [-0.25, -0.2) is 28.8 Å². The van der Waals surface area contributed by atoms with E-state index < -0.39 is 0 Å². The summed E-state index contributed by atoms with van der Waals surface area (Å²) in [6.07, 6.45) is 25.1. The van der Waals surface area contributed by atoms with Crippen LogP contribution in [0.2, 0.25) is 0 Å². The van der Waals surface area contributed by atoms with Gasteiger partial charge in [-0.05, 0) is 126 Å². The zero-order valence-electron chi connectivity index (χ0n) is 44.8. The van der Waals surface area contributed by atoms with Crippen LogP contribution in [0.25, 0.3) is 0 Å². The lowest BCUT2D eigenvalue weighted by atomic mass is 9.98. The minimum absolute atomic E-state index is 0.156. The Kier molecular flexibility index (Phi) is 47.2. The van der Waals surface area contributed by atoms with E-state index >= 15 is 0 Å². The summed E-state index contributed by atoms with van der Waals surface area (Å²) in [5, 5.41) is 0. The number of hydrogen-bond donors (Lipinski definition) is 0. The van der Waals surface area contributed by atoms with Crippen LogP contribution in [-0.2, 0) is 57.2 Å². The molecule has 2 aliphatic carbocycles. The highest BCUT2D eigenvalue weighted by Gasteiger charge is 2.21. The van der Waals surface area contributed by atoms with Crippen molar-refractivity contribution in [3.05, 3.63) is 73.4 Å². The van der Waals surface area contributed by atoms with Crippen molar-refractivity contribution in [1.82, 2.24) is 0 Å². The second-order valence-corrected chi connectivity index (χ2v) is 17.9. The minimum atomic E-state index is -0.365. The van der Waals surface area contributed by atoms with E-state index in [1.807, 2.05) is 27.7 Å². The molecule has 2 rings (SSSR count). The molecule has 0 aromatic carbocycles. The topological polar surface area (TPSA) is 158 Å². The molecule has 2 aliphatic rings. The first-order valence-corrected chi connectivity index (χ1v) is 25.0. The molecule has 0 amide bonds. The van der Waals surface area contributed by atoms with Gasteiger partial charge in [-0.1, -0.05) is 125 Å². The Labute approximate surface area is 413 Å². The highest BCUT2D eigenvalue weighted by molar-refractivity contribution is 5.88. The lowest BCUT2D eigenvalue weighted by Crippen LogP contribution is -2.27. The fraction of sp³-hybridized carbons (Fsp3) is 0.679. The zero-order valence-corrected chi connectivity index (χ0v) is 44.8. The third-order valence-corrected chi connectivity index (χ3v) is 9.99. The van der Waals surface area contributed by atoms with Crippen LogP contribution < -0.4 is 0 Å². The van der Waals surface area contributed by atoms with E-state index in [1.54, 1.807) is 34.6 Å². The largest absolute Gasteiger partial charge is 0.463 e. The van der Waals surface area contributed by atoms with Crippen molar-refractivity contribution in [2.45, 2.75) is 229 Å². The summed E-state index contributed by atoms with van der Waals surface area (Å²) < 4.78 is 29.9. The first kappa shape index (κ1) is 69.8. The van der Waals surface area contributed by atoms with E-state index in [1.165, 1.54) is 70.3 Å². The monoisotopic (exact) mass is 961 g/mol. The molecule has 0 aliphatic heterocycles. The Morgan fingerprint density at radius 1 is 0.456 bits per heavy atom. The lowest BCUT2D eigenvalue weighted by Gasteiger charge is -2.23. The van der Waals surface area contributed by atoms with Gasteiger partial charge in [0.15, 0.2) is 0 Å². The molecule has 12 nitrogen and oxygen atoms in total. The summed E-state index contributed by atoms with van der Waals surface area (Å²) in [6, 6.07) is 0. The predicted octanol–water partition coefficient (Wildman–Crippen LogP) is 14.1. The summed E-state index contributed by atoms with van der Waals surface area (Å²) in [6.45, 7) is 42.8. The van der Waals surface area contributed by atoms with Crippen LogP contribution in [0, 0.1) is 0 Å². The summed E-state index contributed by atoms with van der Waals surface area (Å²) in [7, 11) is 0. The Morgan fingerprint density at radius 3 is 1.12 bits per heavy atom. The minimum Gasteiger partial charge on any atom is -0.463 e. The molecule has 0 aromatic heterocycles. The van der Waals surface area contributed by atoms with Crippen molar-refractivity contribution in [1.29, 1.82) is 0 Å². The third-order valence-electron chi connectivity index (χ3n) is 9.99. The molecule has 0 atom stereocenters. The molecule has 0 bridgehead atoms. The van der Waals surface area contributed by atoms with Crippen molar-refractivity contribution in [3.63, 3.8) is 0 Å². The maximum atomic E-state index is 11.1. The molecular formula is C56H96O12. The Morgan fingerprint density at radius 2 is 0.779 bits per heavy atom. The molecule has 0 spiro atoms. The molecule has 2 saturated carbocycles. The van der Waals surface area contributed by atoms with Gasteiger partial charge in [0.25, 0.3) is 0 Å². The Bertz CT molecular complexity index is 1490. The highest BCUT2D eigenvalue weighted by Crippen LogP contribution is 2.22. The zero-order chi connectivity index (χ0) is 52.9. The van der Waals surface area contributed by atoms with Crippen molar-refractivity contribution in [2.75, 3.05) is 19.8 Å². The van der Waals surface area contributed by atoms with Gasteiger partial charge in [-0.3, -0.25) is 0 Å². The SMILES string of the molecule is C=C(C)C(=O)OC(C)(C)CC.C=C(C)C(=O)OC1CCCC1.C=C(C)C(=O)OC1CCCCC1.C=C(C)C(=O)OCCCC.C=C(C)C(=O)OCCCCCCCCC.C=CC(=O)OCCCC. The number of esters is 6. The van der Waals surface area contributed by atoms with E-state index in [0.717, 1.165) is 70.6 Å². The quantitative estimate of drug-likeness (QED) is 0.0391. The number of carbonyl (C=O) groups is 6. The van der Waals surface area contributed by atoms with Crippen molar-refractivity contribution >= 4 is 35.8 Å². The van der Waals surface area contributed by atoms with Crippen LogP contribution in [0.5, 0.6) is 0 Å². The van der Waals surface area contributed by atoms with Crippen LogP contribution in [0.1, 0.15) is 211 Å². The van der Waals surface area contributed by atoms with Gasteiger partial charge in [0.05, 0.1) is 19.8 Å². The average Bonchev–Trinajstić information content (AvgIpc) is 3.81. The Balaban J connectivity index is -0.000000364. The molecule has 0 saturated heterocycles. The molecule has 0 aromatic rings. The smallest absolute Gasteiger partial charge is 0.333 e. The number of unbranched alkanes of at least 4 members (excludes halogenated alkanes) is 8. The molecule has 68 heavy (non-hydrogen) atoms. The predicted molar refractivity (Wildman–Crippen MR) is 277 cm³/mol. The van der Waals surface area contributed by atoms with Gasteiger partial charge >= 0.3 is 35.8 Å². The molecule has 12 heteroatoms. The molecule has 0 heterocycles. The average molecular weight is 961 g/mol. The standard InChI is InChI=1S/C13H24O2.C10H16O2.C9H14O2.C9H16O2.C8H14O2.C7H12O2/c1-4-5-6-7-8-9-10-11-15-13(14)12(2)3;1-8(2)10(11)12-9-6-4-3-5-7-9;1-7(2)9(10)11-8-5-3-4-6-8;1-6-9(4,5)11-8(10)7(2)3;1-4-5-6-10-8(9)7(2)3;1-3-5-6-9-7(8)4-2/h2,4-11H2,1,3H3;9H,1,3-7H2,2H3;8H,1,3-6H2,2H3;2,6H2,1,3-5H3;2,4-6H2,1,3H3;4H,2-3,5-6H2,1H3. The lowest BCUT2D eigenvalue weighted by molar-refractivity contribution is -0.151. The van der Waals surface area contributed by atoms with Crippen LogP contribution in [-0.4, -0.2) is 73.4 Å². The van der Waals surface area contributed by atoms with Crippen LogP contribution in [0.15, 0.2) is 73.4 Å². The fourth-order valence-electron chi connectivity index (χ4n) is 5.26.